The number of aromatic hydroxyl groups is 1. The number of allylic oxidation sites excluding steroid dienone is 6. The normalized spacial score (nSPS) is 23.8. The van der Waals surface area contributed by atoms with Crippen LogP contribution in [0.4, 0.5) is 5.69 Å². The Morgan fingerprint density at radius 3 is 2.39 bits per heavy atom. The van der Waals surface area contributed by atoms with Gasteiger partial charge in [0.2, 0.25) is 11.8 Å². The van der Waals surface area contributed by atoms with E-state index >= 15 is 0 Å². The van der Waals surface area contributed by atoms with E-state index in [-0.39, 0.29) is 63.4 Å². The molecule has 0 saturated carbocycles. The molecule has 1 saturated heterocycles. The molecule has 1 heterocycles. The van der Waals surface area contributed by atoms with E-state index in [9.17, 15) is 29.1 Å². The predicted molar refractivity (Wildman–Crippen MR) is 172 cm³/mol. The van der Waals surface area contributed by atoms with E-state index in [4.69, 9.17) is 4.74 Å². The van der Waals surface area contributed by atoms with Crippen LogP contribution in [0.25, 0.3) is 0 Å². The molecule has 4 unspecified atom stereocenters. The number of ketones is 3. The lowest BCUT2D eigenvalue weighted by Crippen LogP contribution is -2.39. The van der Waals surface area contributed by atoms with Crippen molar-refractivity contribution in [1.82, 2.24) is 0 Å². The van der Waals surface area contributed by atoms with Crippen molar-refractivity contribution < 1.29 is 33.8 Å². The summed E-state index contributed by atoms with van der Waals surface area (Å²) >= 11 is 3.24. The SMILES string of the molecule is CC(=O)c1ccc(N2C(=O)C3CC=C4C(c5ccc(OCc6ccccc6)cc5O)C5=C(CC4C3C2=O)C(=O)C(Br)=CC5=O)cc1. The fourth-order valence-corrected chi connectivity index (χ4v) is 7.71. The minimum absolute atomic E-state index is 0.110. The number of benzene rings is 3. The molecule has 0 aromatic heterocycles. The summed E-state index contributed by atoms with van der Waals surface area (Å²) in [6.45, 7) is 1.74. The third-order valence-electron chi connectivity index (χ3n) is 9.42. The van der Waals surface area contributed by atoms with Gasteiger partial charge in [0.15, 0.2) is 17.3 Å². The first-order valence-electron chi connectivity index (χ1n) is 15.0. The molecule has 230 valence electrons. The number of hydrogen-bond donors (Lipinski definition) is 1. The average Bonchev–Trinajstić information content (AvgIpc) is 3.31. The molecule has 4 aliphatic rings. The summed E-state index contributed by atoms with van der Waals surface area (Å²) in [5, 5.41) is 11.4. The average molecular weight is 679 g/mol. The van der Waals surface area contributed by atoms with Crippen molar-refractivity contribution in [3.63, 3.8) is 0 Å². The second-order valence-electron chi connectivity index (χ2n) is 12.0. The lowest BCUT2D eigenvalue weighted by Gasteiger charge is -2.42. The molecule has 1 fully saturated rings. The smallest absolute Gasteiger partial charge is 0.238 e. The highest BCUT2D eigenvalue weighted by molar-refractivity contribution is 9.12. The number of phenolic OH excluding ortho intramolecular Hbond substituents is 1. The number of phenols is 1. The maximum Gasteiger partial charge on any atom is 0.238 e. The highest BCUT2D eigenvalue weighted by atomic mass is 79.9. The van der Waals surface area contributed by atoms with Gasteiger partial charge >= 0.3 is 0 Å². The largest absolute Gasteiger partial charge is 0.507 e. The maximum atomic E-state index is 14.1. The number of halogens is 1. The highest BCUT2D eigenvalue weighted by Gasteiger charge is 2.56. The number of carbonyl (C=O) groups excluding carboxylic acids is 5. The van der Waals surface area contributed by atoms with Crippen molar-refractivity contribution in [3.05, 3.63) is 123 Å². The van der Waals surface area contributed by atoms with E-state index in [1.54, 1.807) is 36.4 Å². The van der Waals surface area contributed by atoms with E-state index in [1.807, 2.05) is 36.4 Å². The van der Waals surface area contributed by atoms with E-state index in [0.29, 0.717) is 29.2 Å². The van der Waals surface area contributed by atoms with E-state index in [2.05, 4.69) is 15.9 Å². The molecule has 4 atom stereocenters. The lowest BCUT2D eigenvalue weighted by atomic mass is 9.59. The summed E-state index contributed by atoms with van der Waals surface area (Å²) < 4.78 is 6.04. The van der Waals surface area contributed by atoms with Crippen LogP contribution in [-0.4, -0.2) is 34.3 Å². The Kier molecular flexibility index (Phi) is 7.44. The molecule has 0 radical (unpaired) electrons. The van der Waals surface area contributed by atoms with Crippen LogP contribution >= 0.6 is 15.9 Å². The number of Topliss-reactive ketones (excluding diaryl/α,β-unsaturated/α-hetero) is 2. The van der Waals surface area contributed by atoms with Gasteiger partial charge in [0.05, 0.1) is 22.0 Å². The van der Waals surface area contributed by atoms with Gasteiger partial charge in [0, 0.05) is 40.3 Å². The second kappa shape index (κ2) is 11.5. The van der Waals surface area contributed by atoms with E-state index < -0.39 is 23.7 Å². The molecular weight excluding hydrogens is 650 g/mol. The first kappa shape index (κ1) is 29.8. The van der Waals surface area contributed by atoms with Gasteiger partial charge < -0.3 is 9.84 Å². The molecule has 0 spiro atoms. The van der Waals surface area contributed by atoms with Crippen molar-refractivity contribution in [1.29, 1.82) is 0 Å². The van der Waals surface area contributed by atoms with Crippen molar-refractivity contribution >= 4 is 50.8 Å². The van der Waals surface area contributed by atoms with Gasteiger partial charge in [-0.2, -0.15) is 0 Å². The zero-order valence-corrected chi connectivity index (χ0v) is 26.3. The van der Waals surface area contributed by atoms with Gasteiger partial charge in [0.1, 0.15) is 18.1 Å². The number of fused-ring (bicyclic) bond motifs is 3. The Morgan fingerprint density at radius 2 is 1.70 bits per heavy atom. The number of imide groups is 1. The number of carbonyl (C=O) groups is 5. The fraction of sp³-hybridized carbons (Fsp3) is 0.216. The second-order valence-corrected chi connectivity index (χ2v) is 12.9. The third-order valence-corrected chi connectivity index (χ3v) is 10.0. The maximum absolute atomic E-state index is 14.1. The number of ether oxygens (including phenoxy) is 1. The quantitative estimate of drug-likeness (QED) is 0.144. The molecule has 9 heteroatoms. The standard InChI is InChI=1S/C37H28BrNO7/c1-19(40)21-7-9-22(10-8-21)39-36(44)26-14-13-24-27(33(26)37(39)45)16-28-34(31(42)17-29(38)35(28)43)32(24)25-12-11-23(15-30(25)41)46-18-20-5-3-2-4-6-20/h2-13,15,17,26-27,32-33,41H,14,16,18H2,1H3. The van der Waals surface area contributed by atoms with Crippen LogP contribution in [0, 0.1) is 17.8 Å². The van der Waals surface area contributed by atoms with Gasteiger partial charge in [-0.3, -0.25) is 28.9 Å². The number of amides is 2. The summed E-state index contributed by atoms with van der Waals surface area (Å²) in [5.41, 5.74) is 3.50. The summed E-state index contributed by atoms with van der Waals surface area (Å²) in [5.74, 6) is -3.99. The molecule has 3 aromatic carbocycles. The highest BCUT2D eigenvalue weighted by Crippen LogP contribution is 2.56. The number of anilines is 1. The zero-order chi connectivity index (χ0) is 32.3. The molecule has 1 N–H and O–H groups in total. The number of hydrogen-bond acceptors (Lipinski definition) is 7. The van der Waals surface area contributed by atoms with E-state index in [1.165, 1.54) is 24.0 Å². The van der Waals surface area contributed by atoms with Crippen molar-refractivity contribution in [2.75, 3.05) is 4.90 Å². The zero-order valence-electron chi connectivity index (χ0n) is 24.7. The Labute approximate surface area is 273 Å². The Balaban J connectivity index is 1.27. The fourth-order valence-electron chi connectivity index (χ4n) is 7.26. The predicted octanol–water partition coefficient (Wildman–Crippen LogP) is 6.14. The van der Waals surface area contributed by atoms with Crippen LogP contribution in [0.2, 0.25) is 0 Å². The first-order chi connectivity index (χ1) is 22.1. The first-order valence-corrected chi connectivity index (χ1v) is 15.8. The number of rotatable bonds is 6. The van der Waals surface area contributed by atoms with Gasteiger partial charge in [-0.05, 0) is 77.5 Å². The summed E-state index contributed by atoms with van der Waals surface area (Å²) in [6.07, 6.45) is 3.54. The minimum Gasteiger partial charge on any atom is -0.507 e. The van der Waals surface area contributed by atoms with Crippen LogP contribution in [0.15, 0.2) is 106 Å². The van der Waals surface area contributed by atoms with Crippen LogP contribution < -0.4 is 9.64 Å². The Hall–Kier alpha value is -4.89. The van der Waals surface area contributed by atoms with Crippen LogP contribution in [0.3, 0.4) is 0 Å². The molecule has 3 aliphatic carbocycles. The van der Waals surface area contributed by atoms with Crippen molar-refractivity contribution in [3.8, 4) is 11.5 Å². The summed E-state index contributed by atoms with van der Waals surface area (Å²) in [4.78, 5) is 67.8. The van der Waals surface area contributed by atoms with Gasteiger partial charge in [-0.1, -0.05) is 48.0 Å². The summed E-state index contributed by atoms with van der Waals surface area (Å²) in [6, 6.07) is 20.9. The summed E-state index contributed by atoms with van der Waals surface area (Å²) in [7, 11) is 0. The molecular formula is C37H28BrNO7. The minimum atomic E-state index is -0.794. The molecule has 7 rings (SSSR count). The number of nitrogens with zero attached hydrogens (tertiary/aromatic N) is 1. The lowest BCUT2D eigenvalue weighted by molar-refractivity contribution is -0.123. The van der Waals surface area contributed by atoms with Crippen LogP contribution in [0.5, 0.6) is 11.5 Å². The Bertz CT molecular complexity index is 1940. The molecule has 3 aromatic rings. The van der Waals surface area contributed by atoms with Crippen LogP contribution in [0.1, 0.15) is 47.2 Å². The van der Waals surface area contributed by atoms with Crippen LogP contribution in [-0.2, 0) is 25.8 Å². The van der Waals surface area contributed by atoms with Gasteiger partial charge in [-0.25, -0.2) is 0 Å². The molecule has 8 nitrogen and oxygen atoms in total. The topological polar surface area (TPSA) is 118 Å². The molecule has 2 amide bonds. The van der Waals surface area contributed by atoms with Crippen molar-refractivity contribution in [2.24, 2.45) is 17.8 Å². The monoisotopic (exact) mass is 677 g/mol. The Morgan fingerprint density at radius 1 is 0.957 bits per heavy atom. The van der Waals surface area contributed by atoms with Gasteiger partial charge in [0.25, 0.3) is 0 Å². The van der Waals surface area contributed by atoms with Gasteiger partial charge in [-0.15, -0.1) is 0 Å². The van der Waals surface area contributed by atoms with E-state index in [0.717, 1.165) is 11.1 Å². The van der Waals surface area contributed by atoms with Crippen molar-refractivity contribution in [2.45, 2.75) is 32.3 Å². The third kappa shape index (κ3) is 4.86. The molecule has 46 heavy (non-hydrogen) atoms. The molecule has 0 bridgehead atoms. The molecule has 1 aliphatic heterocycles.